The molecule has 0 spiro atoms. The van der Waals surface area contributed by atoms with E-state index >= 15 is 0 Å². The van der Waals surface area contributed by atoms with Crippen LogP contribution in [0, 0.1) is 11.8 Å². The van der Waals surface area contributed by atoms with Crippen molar-refractivity contribution in [2.24, 2.45) is 11.8 Å². The van der Waals surface area contributed by atoms with Crippen LogP contribution in [-0.2, 0) is 4.79 Å². The first-order valence-electron chi connectivity index (χ1n) is 9.37. The minimum atomic E-state index is 0. The van der Waals surface area contributed by atoms with E-state index < -0.39 is 0 Å². The van der Waals surface area contributed by atoms with E-state index in [-0.39, 0.29) is 18.3 Å². The predicted octanol–water partition coefficient (Wildman–Crippen LogP) is 4.39. The van der Waals surface area contributed by atoms with E-state index in [1.807, 2.05) is 24.3 Å². The molecule has 2 unspecified atom stereocenters. The number of benzene rings is 1. The van der Waals surface area contributed by atoms with E-state index in [9.17, 15) is 4.79 Å². The molecule has 25 heavy (non-hydrogen) atoms. The van der Waals surface area contributed by atoms with Crippen LogP contribution in [-0.4, -0.2) is 24.6 Å². The fraction of sp³-hybridized carbons (Fsp3) is 0.650. The van der Waals surface area contributed by atoms with Crippen molar-refractivity contribution < 1.29 is 9.53 Å². The molecule has 2 aliphatic rings. The van der Waals surface area contributed by atoms with E-state index in [2.05, 4.69) is 24.5 Å². The van der Waals surface area contributed by atoms with Crippen LogP contribution < -0.4 is 15.4 Å². The SMILES string of the molecule is CC(C)CCOc1cccc(NC(=O)CC2CC3CCC(C2)N3)c1.Cl. The Balaban J connectivity index is 0.00000225. The number of nitrogens with one attached hydrogen (secondary N) is 2. The lowest BCUT2D eigenvalue weighted by molar-refractivity contribution is -0.117. The van der Waals surface area contributed by atoms with Gasteiger partial charge < -0.3 is 15.4 Å². The van der Waals surface area contributed by atoms with Gasteiger partial charge in [0.1, 0.15) is 5.75 Å². The number of carbonyl (C=O) groups excluding carboxylic acids is 1. The highest BCUT2D eigenvalue weighted by Gasteiger charge is 2.34. The average Bonchev–Trinajstić information content (AvgIpc) is 2.86. The monoisotopic (exact) mass is 366 g/mol. The fourth-order valence-corrected chi connectivity index (χ4v) is 3.89. The molecule has 2 bridgehead atoms. The molecule has 3 rings (SSSR count). The molecule has 1 aromatic carbocycles. The molecule has 4 nitrogen and oxygen atoms in total. The summed E-state index contributed by atoms with van der Waals surface area (Å²) in [5.74, 6) is 2.11. The molecule has 1 aromatic rings. The Kier molecular flexibility index (Phi) is 7.57. The van der Waals surface area contributed by atoms with Gasteiger partial charge in [-0.15, -0.1) is 12.4 Å². The molecule has 0 aromatic heterocycles. The van der Waals surface area contributed by atoms with Crippen molar-refractivity contribution in [1.29, 1.82) is 0 Å². The number of anilines is 1. The van der Waals surface area contributed by atoms with E-state index in [4.69, 9.17) is 4.74 Å². The van der Waals surface area contributed by atoms with Gasteiger partial charge in [0.2, 0.25) is 5.91 Å². The van der Waals surface area contributed by atoms with Crippen LogP contribution in [0.3, 0.4) is 0 Å². The minimum Gasteiger partial charge on any atom is -0.494 e. The van der Waals surface area contributed by atoms with Crippen LogP contribution in [0.2, 0.25) is 0 Å². The summed E-state index contributed by atoms with van der Waals surface area (Å²) in [5.41, 5.74) is 0.832. The number of carbonyl (C=O) groups is 1. The number of ether oxygens (including phenoxy) is 1. The quantitative estimate of drug-likeness (QED) is 0.752. The second-order valence-corrected chi connectivity index (χ2v) is 7.79. The van der Waals surface area contributed by atoms with Crippen molar-refractivity contribution in [2.45, 2.75) is 64.5 Å². The summed E-state index contributed by atoms with van der Waals surface area (Å²) < 4.78 is 5.77. The molecule has 2 atom stereocenters. The highest BCUT2D eigenvalue weighted by Crippen LogP contribution is 2.32. The number of rotatable bonds is 7. The summed E-state index contributed by atoms with van der Waals surface area (Å²) in [5, 5.41) is 6.67. The maximum absolute atomic E-state index is 12.4. The number of piperidine rings is 1. The summed E-state index contributed by atoms with van der Waals surface area (Å²) in [6.07, 6.45) is 6.50. The number of fused-ring (bicyclic) bond motifs is 2. The van der Waals surface area contributed by atoms with Crippen LogP contribution >= 0.6 is 12.4 Å². The molecule has 2 heterocycles. The Bertz CT molecular complexity index is 552. The fourth-order valence-electron chi connectivity index (χ4n) is 3.89. The predicted molar refractivity (Wildman–Crippen MR) is 105 cm³/mol. The molecule has 2 saturated heterocycles. The van der Waals surface area contributed by atoms with Gasteiger partial charge in [-0.1, -0.05) is 19.9 Å². The topological polar surface area (TPSA) is 50.4 Å². The second kappa shape index (κ2) is 9.44. The lowest BCUT2D eigenvalue weighted by Gasteiger charge is -2.28. The highest BCUT2D eigenvalue weighted by molar-refractivity contribution is 5.91. The Morgan fingerprint density at radius 3 is 2.68 bits per heavy atom. The molecule has 0 radical (unpaired) electrons. The molecule has 140 valence electrons. The molecule has 5 heteroatoms. The van der Waals surface area contributed by atoms with Crippen molar-refractivity contribution in [1.82, 2.24) is 5.32 Å². The first kappa shape index (κ1) is 20.1. The molecule has 0 aliphatic carbocycles. The first-order valence-corrected chi connectivity index (χ1v) is 9.37. The molecule has 2 fully saturated rings. The van der Waals surface area contributed by atoms with Gasteiger partial charge in [-0.3, -0.25) is 4.79 Å². The number of hydrogen-bond acceptors (Lipinski definition) is 3. The summed E-state index contributed by atoms with van der Waals surface area (Å²) in [7, 11) is 0. The van der Waals surface area contributed by atoms with Gasteiger partial charge in [0.15, 0.2) is 0 Å². The largest absolute Gasteiger partial charge is 0.494 e. The normalized spacial score (nSPS) is 24.7. The summed E-state index contributed by atoms with van der Waals surface area (Å²) in [6.45, 7) is 5.09. The van der Waals surface area contributed by atoms with Crippen molar-refractivity contribution in [3.05, 3.63) is 24.3 Å². The Labute approximate surface area is 157 Å². The Hall–Kier alpha value is -1.26. The molecule has 2 aliphatic heterocycles. The molecule has 2 N–H and O–H groups in total. The van der Waals surface area contributed by atoms with Crippen LogP contribution in [0.1, 0.15) is 52.4 Å². The average molecular weight is 367 g/mol. The second-order valence-electron chi connectivity index (χ2n) is 7.79. The van der Waals surface area contributed by atoms with E-state index in [1.165, 1.54) is 12.8 Å². The first-order chi connectivity index (χ1) is 11.6. The maximum atomic E-state index is 12.4. The zero-order chi connectivity index (χ0) is 16.9. The highest BCUT2D eigenvalue weighted by atomic mass is 35.5. The van der Waals surface area contributed by atoms with Crippen molar-refractivity contribution in [3.63, 3.8) is 0 Å². The van der Waals surface area contributed by atoms with Crippen LogP contribution in [0.5, 0.6) is 5.75 Å². The molecular weight excluding hydrogens is 336 g/mol. The number of amides is 1. The van der Waals surface area contributed by atoms with Gasteiger partial charge in [0, 0.05) is 30.3 Å². The van der Waals surface area contributed by atoms with Gasteiger partial charge in [-0.25, -0.2) is 0 Å². The molecule has 1 amide bonds. The Morgan fingerprint density at radius 2 is 2.00 bits per heavy atom. The maximum Gasteiger partial charge on any atom is 0.224 e. The van der Waals surface area contributed by atoms with Crippen LogP contribution in [0.15, 0.2) is 24.3 Å². The van der Waals surface area contributed by atoms with Gasteiger partial charge in [0.25, 0.3) is 0 Å². The van der Waals surface area contributed by atoms with Crippen LogP contribution in [0.4, 0.5) is 5.69 Å². The standard InChI is InChI=1S/C20H30N2O2.ClH/c1-14(2)8-9-24-19-5-3-4-16(13-19)22-20(23)12-15-10-17-6-7-18(11-15)21-17;/h3-5,13-15,17-18,21H,6-12H2,1-2H3,(H,22,23);1H. The number of halogens is 1. The van der Waals surface area contributed by atoms with E-state index in [0.717, 1.165) is 30.7 Å². The smallest absolute Gasteiger partial charge is 0.224 e. The van der Waals surface area contributed by atoms with Crippen molar-refractivity contribution >= 4 is 24.0 Å². The van der Waals surface area contributed by atoms with Gasteiger partial charge in [0.05, 0.1) is 6.61 Å². The summed E-state index contributed by atoms with van der Waals surface area (Å²) in [4.78, 5) is 12.4. The zero-order valence-corrected chi connectivity index (χ0v) is 16.1. The van der Waals surface area contributed by atoms with Crippen molar-refractivity contribution in [3.8, 4) is 5.75 Å². The van der Waals surface area contributed by atoms with Crippen molar-refractivity contribution in [2.75, 3.05) is 11.9 Å². The number of hydrogen-bond donors (Lipinski definition) is 2. The third-order valence-electron chi connectivity index (χ3n) is 5.13. The third kappa shape index (κ3) is 6.19. The minimum absolute atomic E-state index is 0. The lowest BCUT2D eigenvalue weighted by atomic mass is 9.89. The van der Waals surface area contributed by atoms with Crippen LogP contribution in [0.25, 0.3) is 0 Å². The summed E-state index contributed by atoms with van der Waals surface area (Å²) >= 11 is 0. The van der Waals surface area contributed by atoms with Gasteiger partial charge >= 0.3 is 0 Å². The molecular formula is C20H31ClN2O2. The van der Waals surface area contributed by atoms with E-state index in [1.54, 1.807) is 0 Å². The van der Waals surface area contributed by atoms with Gasteiger partial charge in [-0.2, -0.15) is 0 Å². The van der Waals surface area contributed by atoms with E-state index in [0.29, 0.717) is 36.9 Å². The summed E-state index contributed by atoms with van der Waals surface area (Å²) in [6, 6.07) is 9.01. The van der Waals surface area contributed by atoms with Gasteiger partial charge in [-0.05, 0) is 56.1 Å². The molecule has 0 saturated carbocycles. The lowest BCUT2D eigenvalue weighted by Crippen LogP contribution is -2.39. The Morgan fingerprint density at radius 1 is 1.28 bits per heavy atom. The zero-order valence-electron chi connectivity index (χ0n) is 15.3. The third-order valence-corrected chi connectivity index (χ3v) is 5.13.